The number of benzene rings is 2. The Kier molecular flexibility index (Phi) is 4.89. The highest BCUT2D eigenvalue weighted by atomic mass is 79.9. The first kappa shape index (κ1) is 15.1. The lowest BCUT2D eigenvalue weighted by Gasteiger charge is -2.16. The molecule has 5 heteroatoms. The van der Waals surface area contributed by atoms with Gasteiger partial charge < -0.3 is 9.47 Å². The maximum Gasteiger partial charge on any atom is 0.128 e. The standard InChI is InChI=1S/C15H13BrClFO2/c1-19-10-4-5-11(14(8-10)20-2)15(17)12-7-9(16)3-6-13(12)18/h3-8,15H,1-2H3. The van der Waals surface area contributed by atoms with Crippen LogP contribution in [0.5, 0.6) is 11.5 Å². The zero-order valence-electron chi connectivity index (χ0n) is 11.0. The maximum absolute atomic E-state index is 13.9. The van der Waals surface area contributed by atoms with Crippen LogP contribution in [0.1, 0.15) is 16.5 Å². The molecule has 1 atom stereocenters. The van der Waals surface area contributed by atoms with Crippen molar-refractivity contribution in [2.75, 3.05) is 14.2 Å². The van der Waals surface area contributed by atoms with Crippen LogP contribution in [0.25, 0.3) is 0 Å². The van der Waals surface area contributed by atoms with E-state index in [9.17, 15) is 4.39 Å². The first-order valence-corrected chi connectivity index (χ1v) is 7.10. The van der Waals surface area contributed by atoms with E-state index in [1.807, 2.05) is 0 Å². The first-order valence-electron chi connectivity index (χ1n) is 5.87. The first-order chi connectivity index (χ1) is 9.56. The Labute approximate surface area is 130 Å². The fourth-order valence-electron chi connectivity index (χ4n) is 1.90. The van der Waals surface area contributed by atoms with Crippen molar-refractivity contribution in [1.82, 2.24) is 0 Å². The van der Waals surface area contributed by atoms with Crippen LogP contribution in [0, 0.1) is 5.82 Å². The van der Waals surface area contributed by atoms with Gasteiger partial charge >= 0.3 is 0 Å². The molecule has 0 saturated heterocycles. The molecule has 0 fully saturated rings. The molecule has 0 radical (unpaired) electrons. The Morgan fingerprint density at radius 3 is 2.45 bits per heavy atom. The number of halogens is 3. The summed E-state index contributed by atoms with van der Waals surface area (Å²) in [7, 11) is 3.11. The quantitative estimate of drug-likeness (QED) is 0.720. The molecule has 0 aromatic heterocycles. The lowest BCUT2D eigenvalue weighted by atomic mass is 10.0. The molecule has 0 amide bonds. The molecule has 0 saturated carbocycles. The zero-order valence-corrected chi connectivity index (χ0v) is 13.3. The van der Waals surface area contributed by atoms with Gasteiger partial charge in [-0.25, -0.2) is 4.39 Å². The van der Waals surface area contributed by atoms with Gasteiger partial charge in [0.15, 0.2) is 0 Å². The zero-order chi connectivity index (χ0) is 14.7. The van der Waals surface area contributed by atoms with Crippen LogP contribution in [0.4, 0.5) is 4.39 Å². The summed E-state index contributed by atoms with van der Waals surface area (Å²) in [4.78, 5) is 0. The molecule has 0 heterocycles. The Bertz CT molecular complexity index is 619. The monoisotopic (exact) mass is 358 g/mol. The summed E-state index contributed by atoms with van der Waals surface area (Å²) in [5, 5.41) is -0.645. The molecule has 106 valence electrons. The molecule has 0 spiro atoms. The highest BCUT2D eigenvalue weighted by Crippen LogP contribution is 2.38. The van der Waals surface area contributed by atoms with E-state index < -0.39 is 5.38 Å². The van der Waals surface area contributed by atoms with Crippen molar-refractivity contribution in [3.63, 3.8) is 0 Å². The molecular weight excluding hydrogens is 347 g/mol. The van der Waals surface area contributed by atoms with Crippen molar-refractivity contribution in [3.8, 4) is 11.5 Å². The van der Waals surface area contributed by atoms with Crippen molar-refractivity contribution in [2.45, 2.75) is 5.38 Å². The average molecular weight is 360 g/mol. The fraction of sp³-hybridized carbons (Fsp3) is 0.200. The van der Waals surface area contributed by atoms with Crippen LogP contribution >= 0.6 is 27.5 Å². The molecular formula is C15H13BrClFO2. The minimum Gasteiger partial charge on any atom is -0.497 e. The summed E-state index contributed by atoms with van der Waals surface area (Å²) in [5.41, 5.74) is 1.08. The van der Waals surface area contributed by atoms with Crippen molar-refractivity contribution < 1.29 is 13.9 Å². The van der Waals surface area contributed by atoms with Gasteiger partial charge in [0.2, 0.25) is 0 Å². The second-order valence-corrected chi connectivity index (χ2v) is 5.49. The molecule has 20 heavy (non-hydrogen) atoms. The van der Waals surface area contributed by atoms with E-state index in [4.69, 9.17) is 21.1 Å². The predicted molar refractivity (Wildman–Crippen MR) is 81.3 cm³/mol. The molecule has 0 aliphatic heterocycles. The van der Waals surface area contributed by atoms with Crippen LogP contribution < -0.4 is 9.47 Å². The van der Waals surface area contributed by atoms with Gasteiger partial charge in [-0.15, -0.1) is 11.6 Å². The van der Waals surface area contributed by atoms with E-state index >= 15 is 0 Å². The van der Waals surface area contributed by atoms with Gasteiger partial charge in [-0.3, -0.25) is 0 Å². The lowest BCUT2D eigenvalue weighted by molar-refractivity contribution is 0.391. The highest BCUT2D eigenvalue weighted by molar-refractivity contribution is 9.10. The normalized spacial score (nSPS) is 12.1. The molecule has 2 rings (SSSR count). The summed E-state index contributed by atoms with van der Waals surface area (Å²) in [5.74, 6) is 0.860. The predicted octanol–water partition coefficient (Wildman–Crippen LogP) is 4.93. The molecule has 2 aromatic carbocycles. The lowest BCUT2D eigenvalue weighted by Crippen LogP contribution is -2.00. The molecule has 2 aromatic rings. The van der Waals surface area contributed by atoms with Gasteiger partial charge in [0.1, 0.15) is 17.3 Å². The largest absolute Gasteiger partial charge is 0.497 e. The van der Waals surface area contributed by atoms with E-state index in [2.05, 4.69) is 15.9 Å². The van der Waals surface area contributed by atoms with Crippen LogP contribution in [-0.2, 0) is 0 Å². The van der Waals surface area contributed by atoms with Gasteiger partial charge in [0.25, 0.3) is 0 Å². The van der Waals surface area contributed by atoms with Gasteiger partial charge in [-0.05, 0) is 30.3 Å². The smallest absolute Gasteiger partial charge is 0.128 e. The number of hydrogen-bond acceptors (Lipinski definition) is 2. The van der Waals surface area contributed by atoms with Gasteiger partial charge in [0.05, 0.1) is 19.6 Å². The van der Waals surface area contributed by atoms with Crippen LogP contribution in [0.2, 0.25) is 0 Å². The Morgan fingerprint density at radius 2 is 1.80 bits per heavy atom. The Hall–Kier alpha value is -1.26. The third-order valence-electron chi connectivity index (χ3n) is 2.94. The van der Waals surface area contributed by atoms with E-state index in [0.717, 1.165) is 4.47 Å². The number of hydrogen-bond donors (Lipinski definition) is 0. The minimum atomic E-state index is -0.645. The van der Waals surface area contributed by atoms with E-state index in [1.54, 1.807) is 44.6 Å². The summed E-state index contributed by atoms with van der Waals surface area (Å²) in [6.07, 6.45) is 0. The molecule has 0 bridgehead atoms. The van der Waals surface area contributed by atoms with E-state index in [0.29, 0.717) is 22.6 Å². The number of ether oxygens (including phenoxy) is 2. The Balaban J connectivity index is 2.47. The molecule has 1 unspecified atom stereocenters. The van der Waals surface area contributed by atoms with Crippen LogP contribution in [0.3, 0.4) is 0 Å². The van der Waals surface area contributed by atoms with E-state index in [1.165, 1.54) is 6.07 Å². The molecule has 0 aliphatic carbocycles. The summed E-state index contributed by atoms with van der Waals surface area (Å²) < 4.78 is 25.1. The fourth-order valence-corrected chi connectivity index (χ4v) is 2.63. The highest BCUT2D eigenvalue weighted by Gasteiger charge is 2.20. The van der Waals surface area contributed by atoms with Crippen molar-refractivity contribution in [2.24, 2.45) is 0 Å². The molecule has 0 N–H and O–H groups in total. The molecule has 0 aliphatic rings. The van der Waals surface area contributed by atoms with Crippen molar-refractivity contribution in [3.05, 3.63) is 57.8 Å². The van der Waals surface area contributed by atoms with Gasteiger partial charge in [-0.1, -0.05) is 15.9 Å². The summed E-state index contributed by atoms with van der Waals surface area (Å²) in [6.45, 7) is 0. The maximum atomic E-state index is 13.9. The van der Waals surface area contributed by atoms with Crippen molar-refractivity contribution >= 4 is 27.5 Å². The number of rotatable bonds is 4. The van der Waals surface area contributed by atoms with Gasteiger partial charge in [0, 0.05) is 21.7 Å². The third-order valence-corrected chi connectivity index (χ3v) is 3.91. The SMILES string of the molecule is COc1ccc(C(Cl)c2cc(Br)ccc2F)c(OC)c1. The minimum absolute atomic E-state index is 0.355. The van der Waals surface area contributed by atoms with E-state index in [-0.39, 0.29) is 5.82 Å². The second-order valence-electron chi connectivity index (χ2n) is 4.14. The van der Waals surface area contributed by atoms with Crippen LogP contribution in [0.15, 0.2) is 40.9 Å². The number of alkyl halides is 1. The third kappa shape index (κ3) is 3.07. The average Bonchev–Trinajstić information content (AvgIpc) is 2.48. The molecule has 2 nitrogen and oxygen atoms in total. The van der Waals surface area contributed by atoms with Crippen molar-refractivity contribution in [1.29, 1.82) is 0 Å². The Morgan fingerprint density at radius 1 is 1.05 bits per heavy atom. The van der Waals surface area contributed by atoms with Crippen LogP contribution in [-0.4, -0.2) is 14.2 Å². The topological polar surface area (TPSA) is 18.5 Å². The second kappa shape index (κ2) is 6.46. The number of methoxy groups -OCH3 is 2. The summed E-state index contributed by atoms with van der Waals surface area (Å²) >= 11 is 9.73. The van der Waals surface area contributed by atoms with Gasteiger partial charge in [-0.2, -0.15) is 0 Å². The summed E-state index contributed by atoms with van der Waals surface area (Å²) in [6, 6.07) is 9.94.